The van der Waals surface area contributed by atoms with E-state index in [2.05, 4.69) is 75.5 Å². The maximum absolute atomic E-state index is 12.8. The monoisotopic (exact) mass is 921 g/mol. The van der Waals surface area contributed by atoms with Gasteiger partial charge in [0, 0.05) is 19.3 Å². The highest BCUT2D eigenvalue weighted by Crippen LogP contribution is 2.16. The Hall–Kier alpha value is -3.15. The quantitative estimate of drug-likeness (QED) is 0.0262. The topological polar surface area (TPSA) is 78.9 Å². The summed E-state index contributed by atoms with van der Waals surface area (Å²) in [7, 11) is 0. The molecule has 0 aliphatic carbocycles. The zero-order valence-corrected chi connectivity index (χ0v) is 43.4. The van der Waals surface area contributed by atoms with E-state index in [1.807, 2.05) is 18.2 Å². The highest BCUT2D eigenvalue weighted by molar-refractivity contribution is 5.71. The summed E-state index contributed by atoms with van der Waals surface area (Å²) >= 11 is 0. The summed E-state index contributed by atoms with van der Waals surface area (Å²) in [5.74, 6) is -0.919. The SMILES string of the molecule is CC\C=C/C=C\C=C/C=C\CCCCCCCC(=O)OC(COC(=O)CCCCCCC/C=C\C=C/CCCCCCCCC)COC(=O)CCCCCCCCCCCCCCCCC. The van der Waals surface area contributed by atoms with Gasteiger partial charge in [0.2, 0.25) is 0 Å². The minimum atomic E-state index is -0.793. The van der Waals surface area contributed by atoms with Gasteiger partial charge >= 0.3 is 17.9 Å². The van der Waals surface area contributed by atoms with Crippen molar-refractivity contribution in [3.63, 3.8) is 0 Å². The van der Waals surface area contributed by atoms with Gasteiger partial charge in [0.15, 0.2) is 6.10 Å². The first-order valence-corrected chi connectivity index (χ1v) is 28.0. The lowest BCUT2D eigenvalue weighted by atomic mass is 10.0. The summed E-state index contributed by atoms with van der Waals surface area (Å²) in [4.78, 5) is 38.1. The van der Waals surface area contributed by atoms with E-state index in [0.29, 0.717) is 19.3 Å². The van der Waals surface area contributed by atoms with Crippen molar-refractivity contribution in [2.75, 3.05) is 13.2 Å². The average molecular weight is 921 g/mol. The van der Waals surface area contributed by atoms with Crippen LogP contribution in [0.1, 0.15) is 271 Å². The highest BCUT2D eigenvalue weighted by atomic mass is 16.6. The van der Waals surface area contributed by atoms with E-state index in [0.717, 1.165) is 103 Å². The molecule has 0 aliphatic rings. The van der Waals surface area contributed by atoms with Crippen LogP contribution in [0.3, 0.4) is 0 Å². The molecule has 0 aromatic rings. The zero-order valence-electron chi connectivity index (χ0n) is 43.4. The fourth-order valence-corrected chi connectivity index (χ4v) is 7.86. The maximum atomic E-state index is 12.8. The Bertz CT molecular complexity index is 1240. The van der Waals surface area contributed by atoms with Crippen LogP contribution in [-0.4, -0.2) is 37.2 Å². The van der Waals surface area contributed by atoms with E-state index < -0.39 is 6.10 Å². The van der Waals surface area contributed by atoms with Gasteiger partial charge < -0.3 is 14.2 Å². The van der Waals surface area contributed by atoms with Crippen LogP contribution in [0.2, 0.25) is 0 Å². The minimum absolute atomic E-state index is 0.0884. The van der Waals surface area contributed by atoms with Crippen LogP contribution in [0.15, 0.2) is 72.9 Å². The Labute approximate surface area is 408 Å². The molecule has 0 N–H and O–H groups in total. The van der Waals surface area contributed by atoms with Crippen LogP contribution in [0, 0.1) is 0 Å². The van der Waals surface area contributed by atoms with E-state index in [1.54, 1.807) is 0 Å². The molecule has 1 atom stereocenters. The fourth-order valence-electron chi connectivity index (χ4n) is 7.86. The standard InChI is InChI=1S/C60H104O6/c1-4-7-10-13-16-19-22-25-28-29-30-33-35-38-41-44-47-50-53-59(62)65-56-57(66-60(63)54-51-48-45-42-39-36-32-27-24-21-18-15-12-9-6-3)55-64-58(61)52-49-46-43-40-37-34-31-26-23-20-17-14-11-8-5-2/h9,12,15,18,21,24,27-30,32-33,57H,4-8,10-11,13-14,16-17,19-20,22-23,25-26,31,34-56H2,1-3H3/b12-9-,18-15-,24-21-,29-28-,32-27-,33-30-. The highest BCUT2D eigenvalue weighted by Gasteiger charge is 2.19. The lowest BCUT2D eigenvalue weighted by Crippen LogP contribution is -2.30. The normalized spacial score (nSPS) is 12.6. The molecular formula is C60H104O6. The van der Waals surface area contributed by atoms with E-state index >= 15 is 0 Å². The molecular weight excluding hydrogens is 817 g/mol. The minimum Gasteiger partial charge on any atom is -0.462 e. The second-order valence-electron chi connectivity index (χ2n) is 18.6. The molecule has 1 unspecified atom stereocenters. The molecule has 0 saturated carbocycles. The molecule has 0 amide bonds. The first kappa shape index (κ1) is 62.8. The van der Waals surface area contributed by atoms with Gasteiger partial charge in [-0.3, -0.25) is 14.4 Å². The molecule has 0 radical (unpaired) electrons. The van der Waals surface area contributed by atoms with Gasteiger partial charge in [-0.1, -0.05) is 261 Å². The van der Waals surface area contributed by atoms with Gasteiger partial charge in [-0.15, -0.1) is 0 Å². The number of carbonyl (C=O) groups excluding carboxylic acids is 3. The average Bonchev–Trinajstić information content (AvgIpc) is 3.31. The van der Waals surface area contributed by atoms with Gasteiger partial charge in [0.1, 0.15) is 13.2 Å². The van der Waals surface area contributed by atoms with Crippen LogP contribution in [0.5, 0.6) is 0 Å². The van der Waals surface area contributed by atoms with Crippen LogP contribution in [0.4, 0.5) is 0 Å². The lowest BCUT2D eigenvalue weighted by molar-refractivity contribution is -0.167. The first-order valence-electron chi connectivity index (χ1n) is 28.0. The van der Waals surface area contributed by atoms with Crippen LogP contribution < -0.4 is 0 Å². The number of allylic oxidation sites excluding steroid dienone is 12. The third-order valence-corrected chi connectivity index (χ3v) is 12.1. The number of rotatable bonds is 50. The second kappa shape index (κ2) is 54.5. The van der Waals surface area contributed by atoms with Crippen molar-refractivity contribution in [2.45, 2.75) is 277 Å². The maximum Gasteiger partial charge on any atom is 0.306 e. The number of hydrogen-bond donors (Lipinski definition) is 0. The Kier molecular flexibility index (Phi) is 51.9. The molecule has 0 fully saturated rings. The summed E-state index contributed by atoms with van der Waals surface area (Å²) in [5.41, 5.74) is 0. The van der Waals surface area contributed by atoms with Crippen molar-refractivity contribution >= 4 is 17.9 Å². The van der Waals surface area contributed by atoms with E-state index in [4.69, 9.17) is 14.2 Å². The molecule has 0 saturated heterocycles. The van der Waals surface area contributed by atoms with Crippen molar-refractivity contribution in [1.82, 2.24) is 0 Å². The molecule has 0 rings (SSSR count). The Morgan fingerprint density at radius 1 is 0.318 bits per heavy atom. The molecule has 0 bridgehead atoms. The summed E-state index contributed by atoms with van der Waals surface area (Å²) in [5, 5.41) is 0. The van der Waals surface area contributed by atoms with Crippen molar-refractivity contribution in [3.8, 4) is 0 Å². The molecule has 0 spiro atoms. The number of ether oxygens (including phenoxy) is 3. The van der Waals surface area contributed by atoms with Gasteiger partial charge in [0.05, 0.1) is 0 Å². The van der Waals surface area contributed by atoms with Crippen LogP contribution >= 0.6 is 0 Å². The molecule has 6 heteroatoms. The third-order valence-electron chi connectivity index (χ3n) is 12.1. The van der Waals surface area contributed by atoms with Gasteiger partial charge in [-0.05, 0) is 64.2 Å². The van der Waals surface area contributed by atoms with E-state index in [-0.39, 0.29) is 31.1 Å². The van der Waals surface area contributed by atoms with Gasteiger partial charge in [0.25, 0.3) is 0 Å². The van der Waals surface area contributed by atoms with Crippen molar-refractivity contribution < 1.29 is 28.6 Å². The number of esters is 3. The largest absolute Gasteiger partial charge is 0.462 e. The van der Waals surface area contributed by atoms with Crippen LogP contribution in [-0.2, 0) is 28.6 Å². The summed E-state index contributed by atoms with van der Waals surface area (Å²) in [6.45, 7) is 6.48. The second-order valence-corrected chi connectivity index (χ2v) is 18.6. The molecule has 380 valence electrons. The number of unbranched alkanes of at least 4 members (excludes halogenated alkanes) is 31. The molecule has 6 nitrogen and oxygen atoms in total. The number of hydrogen-bond acceptors (Lipinski definition) is 6. The summed E-state index contributed by atoms with van der Waals surface area (Å²) in [6, 6.07) is 0. The third kappa shape index (κ3) is 51.8. The first-order chi connectivity index (χ1) is 32.5. The predicted octanol–water partition coefficient (Wildman–Crippen LogP) is 18.6. The molecule has 66 heavy (non-hydrogen) atoms. The van der Waals surface area contributed by atoms with Crippen molar-refractivity contribution in [2.24, 2.45) is 0 Å². The Morgan fingerprint density at radius 3 is 0.939 bits per heavy atom. The van der Waals surface area contributed by atoms with Crippen molar-refractivity contribution in [1.29, 1.82) is 0 Å². The number of carbonyl (C=O) groups is 3. The summed E-state index contributed by atoms with van der Waals surface area (Å²) in [6.07, 6.45) is 68.8. The Balaban J connectivity index is 4.43. The van der Waals surface area contributed by atoms with Gasteiger partial charge in [-0.25, -0.2) is 0 Å². The van der Waals surface area contributed by atoms with Crippen LogP contribution in [0.25, 0.3) is 0 Å². The predicted molar refractivity (Wildman–Crippen MR) is 284 cm³/mol. The molecule has 0 aromatic carbocycles. The zero-order chi connectivity index (χ0) is 47.9. The molecule has 0 heterocycles. The molecule has 0 aliphatic heterocycles. The Morgan fingerprint density at radius 2 is 0.591 bits per heavy atom. The molecule has 0 aromatic heterocycles. The van der Waals surface area contributed by atoms with Crippen molar-refractivity contribution in [3.05, 3.63) is 72.9 Å². The van der Waals surface area contributed by atoms with E-state index in [1.165, 1.54) is 128 Å². The van der Waals surface area contributed by atoms with E-state index in [9.17, 15) is 14.4 Å². The fraction of sp³-hybridized carbons (Fsp3) is 0.750. The summed E-state index contributed by atoms with van der Waals surface area (Å²) < 4.78 is 16.8. The van der Waals surface area contributed by atoms with Gasteiger partial charge in [-0.2, -0.15) is 0 Å². The smallest absolute Gasteiger partial charge is 0.306 e. The lowest BCUT2D eigenvalue weighted by Gasteiger charge is -2.18.